The van der Waals surface area contributed by atoms with E-state index in [-0.39, 0.29) is 18.9 Å². The predicted octanol–water partition coefficient (Wildman–Crippen LogP) is -0.452. The molecule has 1 atom stereocenters. The molecule has 1 amide bonds. The van der Waals surface area contributed by atoms with Gasteiger partial charge in [0.1, 0.15) is 0 Å². The van der Waals surface area contributed by atoms with Crippen molar-refractivity contribution in [2.45, 2.75) is 25.4 Å². The van der Waals surface area contributed by atoms with Gasteiger partial charge in [0, 0.05) is 12.2 Å². The molecule has 1 heterocycles. The number of carboxylic acids is 1. The molecule has 0 aliphatic carbocycles. The maximum absolute atomic E-state index is 11.6. The van der Waals surface area contributed by atoms with Crippen LogP contribution in [0.3, 0.4) is 0 Å². The molecule has 1 rings (SSSR count). The Labute approximate surface area is 110 Å². The number of carbonyl (C=O) groups is 2. The Morgan fingerprint density at radius 3 is 2.68 bits per heavy atom. The van der Waals surface area contributed by atoms with Gasteiger partial charge in [-0.05, 0) is 19.1 Å². The number of carbonyl (C=O) groups excluding carboxylic acids is 1. The van der Waals surface area contributed by atoms with Crippen molar-refractivity contribution in [2.24, 2.45) is 0 Å². The number of nitrogens with two attached hydrogens (primary N) is 1. The second-order valence-electron chi connectivity index (χ2n) is 4.60. The summed E-state index contributed by atoms with van der Waals surface area (Å²) in [6.07, 6.45) is 1.06. The molecule has 7 heteroatoms. The topological polar surface area (TPSA) is 126 Å². The number of anilines is 1. The molecule has 0 aliphatic rings. The molecule has 0 aliphatic heterocycles. The van der Waals surface area contributed by atoms with E-state index in [4.69, 9.17) is 10.8 Å². The number of rotatable bonds is 6. The molecule has 0 spiro atoms. The predicted molar refractivity (Wildman–Crippen MR) is 68.2 cm³/mol. The van der Waals surface area contributed by atoms with Crippen LogP contribution in [0.4, 0.5) is 5.69 Å². The molecule has 19 heavy (non-hydrogen) atoms. The fourth-order valence-corrected chi connectivity index (χ4v) is 1.44. The Morgan fingerprint density at radius 1 is 1.47 bits per heavy atom. The van der Waals surface area contributed by atoms with Crippen LogP contribution in [0.1, 0.15) is 19.0 Å². The molecule has 0 saturated heterocycles. The molecular weight excluding hydrogens is 250 g/mol. The summed E-state index contributed by atoms with van der Waals surface area (Å²) in [5, 5.41) is 20.8. The van der Waals surface area contributed by atoms with Crippen molar-refractivity contribution in [2.75, 3.05) is 12.3 Å². The summed E-state index contributed by atoms with van der Waals surface area (Å²) in [7, 11) is 0. The SMILES string of the molecule is CC(O)(CNC(=O)Cc1ccc(N)cn1)CC(=O)O. The molecule has 1 aromatic heterocycles. The van der Waals surface area contributed by atoms with Crippen LogP contribution in [0.25, 0.3) is 0 Å². The lowest BCUT2D eigenvalue weighted by molar-refractivity contribution is -0.142. The first-order chi connectivity index (χ1) is 8.78. The van der Waals surface area contributed by atoms with Gasteiger partial charge in [-0.15, -0.1) is 0 Å². The molecule has 1 aromatic rings. The van der Waals surface area contributed by atoms with Crippen LogP contribution in [0, 0.1) is 0 Å². The molecule has 0 saturated carbocycles. The van der Waals surface area contributed by atoms with Crippen molar-refractivity contribution < 1.29 is 19.8 Å². The van der Waals surface area contributed by atoms with Crippen molar-refractivity contribution in [1.29, 1.82) is 0 Å². The molecule has 1 unspecified atom stereocenters. The zero-order chi connectivity index (χ0) is 14.5. The number of hydrogen-bond acceptors (Lipinski definition) is 5. The van der Waals surface area contributed by atoms with Gasteiger partial charge in [-0.25, -0.2) is 0 Å². The highest BCUT2D eigenvalue weighted by atomic mass is 16.4. The average molecular weight is 267 g/mol. The Hall–Kier alpha value is -2.15. The van der Waals surface area contributed by atoms with E-state index in [1.807, 2.05) is 0 Å². The van der Waals surface area contributed by atoms with Gasteiger partial charge in [-0.2, -0.15) is 0 Å². The molecule has 7 nitrogen and oxygen atoms in total. The Morgan fingerprint density at radius 2 is 2.16 bits per heavy atom. The average Bonchev–Trinajstić information content (AvgIpc) is 2.28. The van der Waals surface area contributed by atoms with E-state index in [2.05, 4.69) is 10.3 Å². The lowest BCUT2D eigenvalue weighted by Gasteiger charge is -2.21. The second kappa shape index (κ2) is 6.14. The van der Waals surface area contributed by atoms with Crippen molar-refractivity contribution in [3.63, 3.8) is 0 Å². The number of nitrogen functional groups attached to an aromatic ring is 1. The standard InChI is InChI=1S/C12H17N3O4/c1-12(19,5-11(17)18)7-15-10(16)4-9-3-2-8(13)6-14-9/h2-3,6,19H,4-5,7,13H2,1H3,(H,15,16)(H,17,18). The van der Waals surface area contributed by atoms with Crippen LogP contribution in [0.15, 0.2) is 18.3 Å². The Bertz CT molecular complexity index is 457. The maximum Gasteiger partial charge on any atom is 0.306 e. The van der Waals surface area contributed by atoms with Gasteiger partial charge in [0.25, 0.3) is 0 Å². The normalized spacial score (nSPS) is 13.6. The van der Waals surface area contributed by atoms with Crippen LogP contribution >= 0.6 is 0 Å². The zero-order valence-electron chi connectivity index (χ0n) is 10.6. The monoisotopic (exact) mass is 267 g/mol. The van der Waals surface area contributed by atoms with Crippen LogP contribution in [-0.2, 0) is 16.0 Å². The largest absolute Gasteiger partial charge is 0.481 e. The minimum absolute atomic E-state index is 0.0451. The Balaban J connectivity index is 2.43. The molecule has 0 aromatic carbocycles. The fourth-order valence-electron chi connectivity index (χ4n) is 1.44. The zero-order valence-corrected chi connectivity index (χ0v) is 10.6. The summed E-state index contributed by atoms with van der Waals surface area (Å²) in [6.45, 7) is 1.22. The van der Waals surface area contributed by atoms with Crippen LogP contribution in [-0.4, -0.2) is 39.2 Å². The van der Waals surface area contributed by atoms with Crippen LogP contribution < -0.4 is 11.1 Å². The van der Waals surface area contributed by atoms with E-state index < -0.39 is 18.0 Å². The van der Waals surface area contributed by atoms with Gasteiger partial charge >= 0.3 is 5.97 Å². The van der Waals surface area contributed by atoms with Gasteiger partial charge in [0.05, 0.1) is 30.3 Å². The van der Waals surface area contributed by atoms with Crippen molar-refractivity contribution in [1.82, 2.24) is 10.3 Å². The summed E-state index contributed by atoms with van der Waals surface area (Å²) in [4.78, 5) is 26.0. The lowest BCUT2D eigenvalue weighted by atomic mass is 10.0. The number of amides is 1. The summed E-state index contributed by atoms with van der Waals surface area (Å²) in [6, 6.07) is 3.26. The quantitative estimate of drug-likeness (QED) is 0.553. The minimum atomic E-state index is -1.48. The first-order valence-corrected chi connectivity index (χ1v) is 5.70. The molecule has 0 fully saturated rings. The number of carboxylic acid groups (broad SMARTS) is 1. The highest BCUT2D eigenvalue weighted by Gasteiger charge is 2.24. The van der Waals surface area contributed by atoms with Crippen LogP contribution in [0.2, 0.25) is 0 Å². The van der Waals surface area contributed by atoms with E-state index in [0.717, 1.165) is 0 Å². The van der Waals surface area contributed by atoms with E-state index in [1.165, 1.54) is 13.1 Å². The summed E-state index contributed by atoms with van der Waals surface area (Å²) in [5.74, 6) is -1.47. The van der Waals surface area contributed by atoms with Gasteiger partial charge in [-0.3, -0.25) is 14.6 Å². The number of aliphatic carboxylic acids is 1. The van der Waals surface area contributed by atoms with E-state index in [1.54, 1.807) is 12.1 Å². The number of aliphatic hydroxyl groups is 1. The smallest absolute Gasteiger partial charge is 0.306 e. The number of nitrogens with zero attached hydrogens (tertiary/aromatic N) is 1. The van der Waals surface area contributed by atoms with E-state index >= 15 is 0 Å². The number of nitrogens with one attached hydrogen (secondary N) is 1. The third kappa shape index (κ3) is 5.82. The molecule has 0 radical (unpaired) electrons. The van der Waals surface area contributed by atoms with Crippen molar-refractivity contribution >= 4 is 17.6 Å². The number of pyridine rings is 1. The molecule has 5 N–H and O–H groups in total. The number of aromatic nitrogens is 1. The molecular formula is C12H17N3O4. The van der Waals surface area contributed by atoms with Crippen LogP contribution in [0.5, 0.6) is 0 Å². The lowest BCUT2D eigenvalue weighted by Crippen LogP contribution is -2.42. The number of hydrogen-bond donors (Lipinski definition) is 4. The van der Waals surface area contributed by atoms with Crippen molar-refractivity contribution in [3.05, 3.63) is 24.0 Å². The molecule has 104 valence electrons. The highest BCUT2D eigenvalue weighted by molar-refractivity contribution is 5.78. The first-order valence-electron chi connectivity index (χ1n) is 5.70. The van der Waals surface area contributed by atoms with Crippen molar-refractivity contribution in [3.8, 4) is 0 Å². The second-order valence-corrected chi connectivity index (χ2v) is 4.60. The Kier molecular flexibility index (Phi) is 4.82. The highest BCUT2D eigenvalue weighted by Crippen LogP contribution is 2.07. The summed E-state index contributed by atoms with van der Waals surface area (Å²) in [5.41, 5.74) is 5.05. The molecule has 0 bridgehead atoms. The fraction of sp³-hybridized carbons (Fsp3) is 0.417. The minimum Gasteiger partial charge on any atom is -0.481 e. The summed E-state index contributed by atoms with van der Waals surface area (Å²) < 4.78 is 0. The third-order valence-electron chi connectivity index (χ3n) is 2.39. The van der Waals surface area contributed by atoms with E-state index in [0.29, 0.717) is 11.4 Å². The van der Waals surface area contributed by atoms with E-state index in [9.17, 15) is 14.7 Å². The van der Waals surface area contributed by atoms with Gasteiger partial charge in [0.2, 0.25) is 5.91 Å². The summed E-state index contributed by atoms with van der Waals surface area (Å²) >= 11 is 0. The van der Waals surface area contributed by atoms with Gasteiger partial charge in [-0.1, -0.05) is 0 Å². The maximum atomic E-state index is 11.6. The van der Waals surface area contributed by atoms with Gasteiger partial charge < -0.3 is 21.3 Å². The first kappa shape index (κ1) is 14.9. The third-order valence-corrected chi connectivity index (χ3v) is 2.39. The van der Waals surface area contributed by atoms with Gasteiger partial charge in [0.15, 0.2) is 0 Å².